The van der Waals surface area contributed by atoms with Gasteiger partial charge in [-0.05, 0) is 12.5 Å². The molecule has 94 valence electrons. The van der Waals surface area contributed by atoms with E-state index in [1.807, 2.05) is 0 Å². The minimum atomic E-state index is -3.01. The van der Waals surface area contributed by atoms with Crippen LogP contribution in [-0.2, 0) is 9.84 Å². The molecule has 1 aromatic rings. The largest absolute Gasteiger partial charge is 0.351 e. The van der Waals surface area contributed by atoms with E-state index in [0.29, 0.717) is 6.42 Å². The average Bonchev–Trinajstić information content (AvgIpc) is 2.24. The molecule has 1 rings (SSSR count). The van der Waals surface area contributed by atoms with Crippen LogP contribution >= 0.6 is 0 Å². The standard InChI is InChI=1S/C9H13N3O4S/c1-17(15,16)6-2-5-10-9(14)7-3-4-8(13)12-11-7/h3-4H,2,5-6H2,1H3,(H,10,14)(H,12,13). The zero-order chi connectivity index (χ0) is 12.9. The first kappa shape index (κ1) is 13.4. The van der Waals surface area contributed by atoms with Crippen LogP contribution in [0, 0.1) is 0 Å². The molecule has 0 saturated carbocycles. The van der Waals surface area contributed by atoms with Crippen LogP contribution in [0.3, 0.4) is 0 Å². The summed E-state index contributed by atoms with van der Waals surface area (Å²) in [7, 11) is -3.01. The number of hydrogen-bond donors (Lipinski definition) is 2. The molecule has 0 unspecified atom stereocenters. The molecule has 7 nitrogen and oxygen atoms in total. The van der Waals surface area contributed by atoms with Gasteiger partial charge >= 0.3 is 0 Å². The molecular formula is C9H13N3O4S. The number of sulfone groups is 1. The normalized spacial score (nSPS) is 11.1. The van der Waals surface area contributed by atoms with Crippen molar-refractivity contribution in [2.45, 2.75) is 6.42 Å². The third kappa shape index (κ3) is 5.25. The fourth-order valence-electron chi connectivity index (χ4n) is 1.10. The van der Waals surface area contributed by atoms with E-state index < -0.39 is 21.3 Å². The lowest BCUT2D eigenvalue weighted by atomic mass is 10.3. The van der Waals surface area contributed by atoms with Crippen molar-refractivity contribution in [2.75, 3.05) is 18.6 Å². The van der Waals surface area contributed by atoms with E-state index in [2.05, 4.69) is 15.5 Å². The van der Waals surface area contributed by atoms with E-state index in [9.17, 15) is 18.0 Å². The van der Waals surface area contributed by atoms with Gasteiger partial charge in [-0.3, -0.25) is 9.59 Å². The Labute approximate surface area is 98.2 Å². The zero-order valence-electron chi connectivity index (χ0n) is 9.26. The average molecular weight is 259 g/mol. The Morgan fingerprint density at radius 3 is 2.71 bits per heavy atom. The number of amides is 1. The van der Waals surface area contributed by atoms with Crippen molar-refractivity contribution in [3.63, 3.8) is 0 Å². The van der Waals surface area contributed by atoms with Gasteiger partial charge in [0.15, 0.2) is 0 Å². The maximum absolute atomic E-state index is 11.4. The van der Waals surface area contributed by atoms with E-state index in [0.717, 1.165) is 6.26 Å². The van der Waals surface area contributed by atoms with Gasteiger partial charge in [-0.2, -0.15) is 5.10 Å². The maximum Gasteiger partial charge on any atom is 0.271 e. The molecular weight excluding hydrogens is 246 g/mol. The highest BCUT2D eigenvalue weighted by Gasteiger charge is 2.07. The Morgan fingerprint density at radius 2 is 2.18 bits per heavy atom. The topological polar surface area (TPSA) is 109 Å². The summed E-state index contributed by atoms with van der Waals surface area (Å²) in [6, 6.07) is 2.49. The van der Waals surface area contributed by atoms with Gasteiger partial charge in [0.1, 0.15) is 15.5 Å². The second-order valence-corrected chi connectivity index (χ2v) is 5.81. The highest BCUT2D eigenvalue weighted by Crippen LogP contribution is 1.90. The van der Waals surface area contributed by atoms with Gasteiger partial charge in [-0.25, -0.2) is 13.5 Å². The summed E-state index contributed by atoms with van der Waals surface area (Å²) in [6.45, 7) is 0.243. The Bertz CT molecular complexity index is 529. The van der Waals surface area contributed by atoms with Crippen molar-refractivity contribution >= 4 is 15.7 Å². The first-order chi connectivity index (χ1) is 7.88. The van der Waals surface area contributed by atoms with Crippen molar-refractivity contribution in [3.8, 4) is 0 Å². The maximum atomic E-state index is 11.4. The lowest BCUT2D eigenvalue weighted by molar-refractivity contribution is 0.0947. The van der Waals surface area contributed by atoms with Crippen molar-refractivity contribution < 1.29 is 13.2 Å². The van der Waals surface area contributed by atoms with Crippen LogP contribution in [0.15, 0.2) is 16.9 Å². The van der Waals surface area contributed by atoms with Gasteiger partial charge in [0.05, 0.1) is 5.75 Å². The van der Waals surface area contributed by atoms with Gasteiger partial charge < -0.3 is 5.32 Å². The molecule has 0 aromatic carbocycles. The van der Waals surface area contributed by atoms with E-state index in [1.54, 1.807) is 0 Å². The number of H-pyrrole nitrogens is 1. The third-order valence-electron chi connectivity index (χ3n) is 1.89. The van der Waals surface area contributed by atoms with Gasteiger partial charge in [0, 0.05) is 18.9 Å². The number of rotatable bonds is 5. The molecule has 0 saturated heterocycles. The van der Waals surface area contributed by atoms with Gasteiger partial charge in [0.25, 0.3) is 11.5 Å². The summed E-state index contributed by atoms with van der Waals surface area (Å²) in [6.07, 6.45) is 1.48. The number of nitrogens with zero attached hydrogens (tertiary/aromatic N) is 1. The minimum Gasteiger partial charge on any atom is -0.351 e. The predicted molar refractivity (Wildman–Crippen MR) is 61.5 cm³/mol. The van der Waals surface area contributed by atoms with E-state index in [1.165, 1.54) is 12.1 Å². The summed E-state index contributed by atoms with van der Waals surface area (Å²) in [5, 5.41) is 8.17. The highest BCUT2D eigenvalue weighted by molar-refractivity contribution is 7.90. The smallest absolute Gasteiger partial charge is 0.271 e. The number of hydrogen-bond acceptors (Lipinski definition) is 5. The van der Waals surface area contributed by atoms with Crippen molar-refractivity contribution in [3.05, 3.63) is 28.2 Å². The van der Waals surface area contributed by atoms with E-state index in [4.69, 9.17) is 0 Å². The monoisotopic (exact) mass is 259 g/mol. The van der Waals surface area contributed by atoms with Crippen LogP contribution in [0.1, 0.15) is 16.9 Å². The molecule has 0 atom stereocenters. The van der Waals surface area contributed by atoms with Crippen LogP contribution in [0.5, 0.6) is 0 Å². The van der Waals surface area contributed by atoms with Gasteiger partial charge in [-0.15, -0.1) is 0 Å². The SMILES string of the molecule is CS(=O)(=O)CCCNC(=O)c1ccc(=O)[nH]n1. The molecule has 8 heteroatoms. The molecule has 0 radical (unpaired) electrons. The second kappa shape index (κ2) is 5.58. The fourth-order valence-corrected chi connectivity index (χ4v) is 1.77. The third-order valence-corrected chi connectivity index (χ3v) is 2.92. The van der Waals surface area contributed by atoms with Crippen molar-refractivity contribution in [2.24, 2.45) is 0 Å². The van der Waals surface area contributed by atoms with Crippen LogP contribution in [-0.4, -0.2) is 43.1 Å². The fraction of sp³-hybridized carbons (Fsp3) is 0.444. The minimum absolute atomic E-state index is 0.0202. The quantitative estimate of drug-likeness (QED) is 0.655. The first-order valence-corrected chi connectivity index (χ1v) is 6.96. The molecule has 1 aromatic heterocycles. The number of nitrogens with one attached hydrogen (secondary N) is 2. The Hall–Kier alpha value is -1.70. The van der Waals surface area contributed by atoms with Crippen molar-refractivity contribution in [1.82, 2.24) is 15.5 Å². The Morgan fingerprint density at radius 1 is 1.47 bits per heavy atom. The molecule has 1 amide bonds. The number of carbonyl (C=O) groups excluding carboxylic acids is 1. The molecule has 0 fully saturated rings. The molecule has 17 heavy (non-hydrogen) atoms. The van der Waals surface area contributed by atoms with Crippen LogP contribution in [0.2, 0.25) is 0 Å². The van der Waals surface area contributed by atoms with Crippen LogP contribution in [0.4, 0.5) is 0 Å². The molecule has 0 aliphatic rings. The summed E-state index contributed by atoms with van der Waals surface area (Å²) in [4.78, 5) is 22.1. The summed E-state index contributed by atoms with van der Waals surface area (Å²) in [5.41, 5.74) is -0.303. The van der Waals surface area contributed by atoms with Crippen LogP contribution < -0.4 is 10.9 Å². The summed E-state index contributed by atoms with van der Waals surface area (Å²) in [5.74, 6) is -0.429. The molecule has 0 aliphatic heterocycles. The molecule has 1 heterocycles. The molecule has 0 aliphatic carbocycles. The van der Waals surface area contributed by atoms with Crippen molar-refractivity contribution in [1.29, 1.82) is 0 Å². The lowest BCUT2D eigenvalue weighted by Crippen LogP contribution is -2.27. The molecule has 0 spiro atoms. The summed E-state index contributed by atoms with van der Waals surface area (Å²) >= 11 is 0. The highest BCUT2D eigenvalue weighted by atomic mass is 32.2. The zero-order valence-corrected chi connectivity index (χ0v) is 10.1. The first-order valence-electron chi connectivity index (χ1n) is 4.90. The number of aromatic amines is 1. The second-order valence-electron chi connectivity index (χ2n) is 3.55. The van der Waals surface area contributed by atoms with Gasteiger partial charge in [-0.1, -0.05) is 0 Å². The predicted octanol–water partition coefficient (Wildman–Crippen LogP) is -1.07. The lowest BCUT2D eigenvalue weighted by Gasteiger charge is -2.03. The van der Waals surface area contributed by atoms with Gasteiger partial charge in [0.2, 0.25) is 0 Å². The van der Waals surface area contributed by atoms with E-state index in [-0.39, 0.29) is 18.0 Å². The number of carbonyl (C=O) groups is 1. The van der Waals surface area contributed by atoms with E-state index >= 15 is 0 Å². The van der Waals surface area contributed by atoms with Crippen LogP contribution in [0.25, 0.3) is 0 Å². The number of aromatic nitrogens is 2. The molecule has 0 bridgehead atoms. The Kier molecular flexibility index (Phi) is 4.38. The molecule has 2 N–H and O–H groups in total. The summed E-state index contributed by atoms with van der Waals surface area (Å²) < 4.78 is 21.6. The Balaban J connectivity index is 2.40.